The molecule has 0 unspecified atom stereocenters. The van der Waals surface area contributed by atoms with Gasteiger partial charge in [0.1, 0.15) is 11.3 Å². The molecule has 2 aromatic heterocycles. The van der Waals surface area contributed by atoms with E-state index in [1.165, 1.54) is 7.11 Å². The zero-order valence-electron chi connectivity index (χ0n) is 9.40. The summed E-state index contributed by atoms with van der Waals surface area (Å²) >= 11 is 2.22. The second kappa shape index (κ2) is 4.51. The van der Waals surface area contributed by atoms with Crippen LogP contribution < -0.4 is 11.5 Å². The predicted octanol–water partition coefficient (Wildman–Crippen LogP) is -0.709. The number of alkyl halides is 1. The number of ether oxygens (including phenoxy) is 1. The number of fused-ring (bicyclic) bond motifs is 1. The van der Waals surface area contributed by atoms with Crippen molar-refractivity contribution in [2.75, 3.05) is 12.8 Å². The van der Waals surface area contributed by atoms with Gasteiger partial charge in [0.05, 0.1) is 24.7 Å². The van der Waals surface area contributed by atoms with Gasteiger partial charge in [0.25, 0.3) is 0 Å². The molecule has 2 N–H and O–H groups in total. The molecular weight excluding hydrogens is 334 g/mol. The van der Waals surface area contributed by atoms with Gasteiger partial charge in [-0.1, -0.05) is 22.6 Å². The summed E-state index contributed by atoms with van der Waals surface area (Å²) in [7, 11) is 3.13. The minimum atomic E-state index is -0.505. The van der Waals surface area contributed by atoms with E-state index in [-0.39, 0.29) is 11.5 Å². The number of carbonyl (C=O) groups is 1. The highest BCUT2D eigenvalue weighted by Gasteiger charge is 2.20. The number of nitrogens with two attached hydrogens (primary N) is 1. The Hall–Kier alpha value is -1.32. The number of anilines is 1. The van der Waals surface area contributed by atoms with Crippen LogP contribution in [-0.4, -0.2) is 35.3 Å². The van der Waals surface area contributed by atoms with Gasteiger partial charge in [-0.05, 0) is 0 Å². The molecule has 0 aliphatic carbocycles. The topological polar surface area (TPSA) is 82.5 Å². The van der Waals surface area contributed by atoms with Crippen LogP contribution in [0.4, 0.5) is 5.82 Å². The summed E-state index contributed by atoms with van der Waals surface area (Å²) in [4.78, 5) is 19.9. The summed E-state index contributed by atoms with van der Waals surface area (Å²) in [6, 6.07) is 0. The normalized spacial score (nSPS) is 10.7. The van der Waals surface area contributed by atoms with E-state index in [9.17, 15) is 4.79 Å². The van der Waals surface area contributed by atoms with Gasteiger partial charge in [0, 0.05) is 4.43 Å². The zero-order chi connectivity index (χ0) is 12.6. The number of aromatic nitrogens is 3. The number of methoxy groups -OCH3 is 1. The van der Waals surface area contributed by atoms with E-state index in [2.05, 4.69) is 37.3 Å². The van der Waals surface area contributed by atoms with E-state index >= 15 is 0 Å². The van der Waals surface area contributed by atoms with Crippen molar-refractivity contribution in [1.82, 2.24) is 14.4 Å². The molecule has 0 aromatic carbocycles. The number of hydrogen-bond acceptors (Lipinski definition) is 5. The summed E-state index contributed by atoms with van der Waals surface area (Å²) in [5.41, 5.74) is 8.17. The molecule has 0 spiro atoms. The highest BCUT2D eigenvalue weighted by Crippen LogP contribution is 2.18. The Morgan fingerprint density at radius 3 is 3.00 bits per heavy atom. The number of imidazole rings is 1. The maximum absolute atomic E-state index is 11.6. The van der Waals surface area contributed by atoms with E-state index in [4.69, 9.17) is 5.73 Å². The third-order valence-electron chi connectivity index (χ3n) is 2.44. The molecule has 0 saturated carbocycles. The molecule has 17 heavy (non-hydrogen) atoms. The molecule has 0 amide bonds. The van der Waals surface area contributed by atoms with Crippen molar-refractivity contribution in [1.29, 1.82) is 0 Å². The molecule has 6 nitrogen and oxygen atoms in total. The lowest BCUT2D eigenvalue weighted by Gasteiger charge is -2.05. The Labute approximate surface area is 112 Å². The second-order valence-electron chi connectivity index (χ2n) is 3.45. The van der Waals surface area contributed by atoms with Gasteiger partial charge in [0.15, 0.2) is 13.5 Å². The molecule has 0 saturated heterocycles. The molecule has 8 heteroatoms. The molecular formula is C9H10BIN4O2. The highest BCUT2D eigenvalue weighted by atomic mass is 127. The lowest BCUT2D eigenvalue weighted by Crippen LogP contribution is -2.16. The number of halogens is 1. The standard InChI is InChI=1S/C9H10BIN4O2/c1-17-8(16)5-6-7(12)13-3-4(2-11)15(6)9(10)14-5/h3H,2,10H2,1H3,(H2,12,13). The largest absolute Gasteiger partial charge is 0.464 e. The first-order chi connectivity index (χ1) is 8.10. The number of hydrogen-bond donors (Lipinski definition) is 1. The lowest BCUT2D eigenvalue weighted by atomic mass is 10.1. The summed E-state index contributed by atoms with van der Waals surface area (Å²) in [5, 5.41) is 0. The maximum atomic E-state index is 11.6. The Kier molecular flexibility index (Phi) is 3.23. The fourth-order valence-corrected chi connectivity index (χ4v) is 2.25. The zero-order valence-corrected chi connectivity index (χ0v) is 11.6. The minimum absolute atomic E-state index is 0.210. The van der Waals surface area contributed by atoms with Crippen LogP contribution in [0.2, 0.25) is 0 Å². The van der Waals surface area contributed by atoms with Crippen LogP contribution in [0.15, 0.2) is 6.20 Å². The van der Waals surface area contributed by atoms with Gasteiger partial charge < -0.3 is 14.9 Å². The second-order valence-corrected chi connectivity index (χ2v) is 4.21. The van der Waals surface area contributed by atoms with Gasteiger partial charge in [-0.25, -0.2) is 14.8 Å². The molecule has 0 radical (unpaired) electrons. The molecule has 0 atom stereocenters. The van der Waals surface area contributed by atoms with E-state index in [1.54, 1.807) is 6.20 Å². The van der Waals surface area contributed by atoms with Crippen LogP contribution in [0.1, 0.15) is 16.2 Å². The van der Waals surface area contributed by atoms with Gasteiger partial charge >= 0.3 is 5.97 Å². The average Bonchev–Trinajstić information content (AvgIpc) is 2.68. The maximum Gasteiger partial charge on any atom is 0.359 e. The number of nitrogen functional groups attached to an aromatic ring is 1. The van der Waals surface area contributed by atoms with Gasteiger partial charge in [-0.2, -0.15) is 0 Å². The fraction of sp³-hybridized carbons (Fsp3) is 0.222. The van der Waals surface area contributed by atoms with Crippen LogP contribution >= 0.6 is 22.6 Å². The third kappa shape index (κ3) is 1.86. The fourth-order valence-electron chi connectivity index (χ4n) is 1.72. The van der Waals surface area contributed by atoms with Crippen LogP contribution in [0.25, 0.3) is 5.52 Å². The van der Waals surface area contributed by atoms with Crippen molar-refractivity contribution in [3.63, 3.8) is 0 Å². The van der Waals surface area contributed by atoms with Crippen molar-refractivity contribution < 1.29 is 9.53 Å². The molecule has 0 fully saturated rings. The summed E-state index contributed by atoms with van der Waals surface area (Å²) in [6.07, 6.45) is 1.69. The van der Waals surface area contributed by atoms with E-state index in [0.717, 1.165) is 10.1 Å². The predicted molar refractivity (Wildman–Crippen MR) is 74.6 cm³/mol. The summed E-state index contributed by atoms with van der Waals surface area (Å²) in [5.74, 6) is -0.227. The molecule has 0 aliphatic heterocycles. The summed E-state index contributed by atoms with van der Waals surface area (Å²) in [6.45, 7) is 0. The van der Waals surface area contributed by atoms with E-state index in [0.29, 0.717) is 11.2 Å². The van der Waals surface area contributed by atoms with Crippen LogP contribution in [-0.2, 0) is 9.16 Å². The average molecular weight is 344 g/mol. The minimum Gasteiger partial charge on any atom is -0.464 e. The first-order valence-corrected chi connectivity index (χ1v) is 6.39. The van der Waals surface area contributed by atoms with Crippen LogP contribution in [0, 0.1) is 0 Å². The van der Waals surface area contributed by atoms with Crippen LogP contribution in [0.3, 0.4) is 0 Å². The first kappa shape index (κ1) is 12.2. The van der Waals surface area contributed by atoms with Crippen molar-refractivity contribution in [3.05, 3.63) is 17.6 Å². The van der Waals surface area contributed by atoms with Crippen molar-refractivity contribution in [2.45, 2.75) is 4.43 Å². The molecule has 88 valence electrons. The van der Waals surface area contributed by atoms with E-state index < -0.39 is 5.97 Å². The smallest absolute Gasteiger partial charge is 0.359 e. The first-order valence-electron chi connectivity index (χ1n) is 4.86. The third-order valence-corrected chi connectivity index (χ3v) is 3.22. The van der Waals surface area contributed by atoms with Crippen molar-refractivity contribution >= 4 is 53.5 Å². The van der Waals surface area contributed by atoms with Gasteiger partial charge in [-0.3, -0.25) is 0 Å². The van der Waals surface area contributed by atoms with E-state index in [1.807, 2.05) is 12.2 Å². The molecule has 2 heterocycles. The Morgan fingerprint density at radius 1 is 1.71 bits per heavy atom. The van der Waals surface area contributed by atoms with Gasteiger partial charge in [0.2, 0.25) is 0 Å². The van der Waals surface area contributed by atoms with Crippen LogP contribution in [0.5, 0.6) is 0 Å². The number of nitrogens with zero attached hydrogens (tertiary/aromatic N) is 3. The summed E-state index contributed by atoms with van der Waals surface area (Å²) < 4.78 is 7.27. The molecule has 2 rings (SSSR count). The van der Waals surface area contributed by atoms with Gasteiger partial charge in [-0.15, -0.1) is 0 Å². The Balaban J connectivity index is 2.85. The Morgan fingerprint density at radius 2 is 2.41 bits per heavy atom. The highest BCUT2D eigenvalue weighted by molar-refractivity contribution is 14.1. The molecule has 0 bridgehead atoms. The number of carbonyl (C=O) groups excluding carboxylic acids is 1. The number of esters is 1. The monoisotopic (exact) mass is 344 g/mol. The SMILES string of the molecule is Bc1nc(C(=O)OC)c2c(N)ncc(CI)n12. The lowest BCUT2D eigenvalue weighted by molar-refractivity contribution is 0.0597. The quantitative estimate of drug-likeness (QED) is 0.337. The van der Waals surface area contributed by atoms with Crippen molar-refractivity contribution in [2.24, 2.45) is 0 Å². The number of rotatable bonds is 2. The van der Waals surface area contributed by atoms with Crippen molar-refractivity contribution in [3.8, 4) is 0 Å². The Bertz CT molecular complexity index is 598. The molecule has 2 aromatic rings. The molecule has 0 aliphatic rings.